The Bertz CT molecular complexity index is 1370. The third-order valence-electron chi connectivity index (χ3n) is 5.69. The molecule has 3 aromatic rings. The first kappa shape index (κ1) is 25.6. The maximum Gasteiger partial charge on any atom is 0.349 e. The number of phenols is 1. The Hall–Kier alpha value is -3.48. The molecule has 11 nitrogen and oxygen atoms in total. The minimum Gasteiger partial charge on any atom is -0.507 e. The number of hydrogen-bond acceptors (Lipinski definition) is 8. The van der Waals surface area contributed by atoms with E-state index in [9.17, 15) is 19.5 Å². The van der Waals surface area contributed by atoms with Crippen LogP contribution in [0.2, 0.25) is 0 Å². The average Bonchev–Trinajstić information content (AvgIpc) is 2.84. The summed E-state index contributed by atoms with van der Waals surface area (Å²) >= 11 is 3.26. The van der Waals surface area contributed by atoms with E-state index >= 15 is 0 Å². The molecule has 2 aromatic carbocycles. The number of nitrogens with one attached hydrogen (secondary N) is 2. The van der Waals surface area contributed by atoms with E-state index in [-0.39, 0.29) is 5.75 Å². The number of aromatic hydroxyl groups is 1. The minimum absolute atomic E-state index is 0.0931. The molecule has 1 amide bonds. The first-order valence-electron chi connectivity index (χ1n) is 11.3. The van der Waals surface area contributed by atoms with Crippen LogP contribution < -0.4 is 21.3 Å². The Morgan fingerprint density at radius 1 is 1.19 bits per heavy atom. The number of phenolic OH excluding ortho intramolecular Hbond substituents is 1. The van der Waals surface area contributed by atoms with Gasteiger partial charge in [-0.15, -0.1) is 0 Å². The standard InChI is InChI=1S/C24H26BrN5O6/c1-14-11-16(12-15(2)21(14)36-17-3-4-19(31)18(25)13-17)30-24(34)27-23(33)20(28-30)22(32)26-5-6-29-7-9-35-10-8-29/h3-4,11-13,31H,5-10H2,1-2H3,(H,26,32)(H,27,33,34). The lowest BCUT2D eigenvalue weighted by molar-refractivity contribution is 0.0383. The van der Waals surface area contributed by atoms with Crippen molar-refractivity contribution >= 4 is 21.8 Å². The second-order valence-corrected chi connectivity index (χ2v) is 9.21. The van der Waals surface area contributed by atoms with Crippen LogP contribution in [-0.4, -0.2) is 70.1 Å². The van der Waals surface area contributed by atoms with E-state index in [2.05, 4.69) is 36.2 Å². The molecular formula is C24H26BrN5O6. The van der Waals surface area contributed by atoms with Crippen LogP contribution in [0.5, 0.6) is 17.2 Å². The van der Waals surface area contributed by atoms with Gasteiger partial charge in [0.25, 0.3) is 11.5 Å². The van der Waals surface area contributed by atoms with Gasteiger partial charge in [0.2, 0.25) is 5.69 Å². The summed E-state index contributed by atoms with van der Waals surface area (Å²) in [6.07, 6.45) is 0. The molecule has 4 rings (SSSR count). The molecule has 0 spiro atoms. The van der Waals surface area contributed by atoms with Gasteiger partial charge in [0, 0.05) is 26.2 Å². The van der Waals surface area contributed by atoms with E-state index in [0.717, 1.165) is 17.8 Å². The van der Waals surface area contributed by atoms with Gasteiger partial charge in [-0.25, -0.2) is 4.79 Å². The molecule has 0 atom stereocenters. The summed E-state index contributed by atoms with van der Waals surface area (Å²) < 4.78 is 12.8. The van der Waals surface area contributed by atoms with Crippen LogP contribution >= 0.6 is 15.9 Å². The quantitative estimate of drug-likeness (QED) is 0.398. The highest BCUT2D eigenvalue weighted by Gasteiger charge is 2.18. The molecule has 0 bridgehead atoms. The zero-order valence-corrected chi connectivity index (χ0v) is 21.4. The molecule has 1 aromatic heterocycles. The summed E-state index contributed by atoms with van der Waals surface area (Å²) in [6, 6.07) is 8.12. The predicted molar refractivity (Wildman–Crippen MR) is 135 cm³/mol. The van der Waals surface area contributed by atoms with E-state index in [4.69, 9.17) is 9.47 Å². The molecule has 0 unspecified atom stereocenters. The monoisotopic (exact) mass is 559 g/mol. The fraction of sp³-hybridized carbons (Fsp3) is 0.333. The molecule has 36 heavy (non-hydrogen) atoms. The van der Waals surface area contributed by atoms with Crippen molar-refractivity contribution < 1.29 is 19.4 Å². The van der Waals surface area contributed by atoms with Gasteiger partial charge in [0.15, 0.2) is 0 Å². The maximum absolute atomic E-state index is 12.7. The lowest BCUT2D eigenvalue weighted by Gasteiger charge is -2.26. The van der Waals surface area contributed by atoms with Crippen LogP contribution in [0.15, 0.2) is 44.4 Å². The first-order chi connectivity index (χ1) is 17.2. The molecule has 190 valence electrons. The smallest absolute Gasteiger partial charge is 0.349 e. The number of aromatic nitrogens is 3. The summed E-state index contributed by atoms with van der Waals surface area (Å²) in [4.78, 5) is 41.8. The Morgan fingerprint density at radius 2 is 1.89 bits per heavy atom. The Balaban J connectivity index is 1.55. The topological polar surface area (TPSA) is 139 Å². The van der Waals surface area contributed by atoms with Gasteiger partial charge in [-0.3, -0.25) is 19.5 Å². The number of morpholine rings is 1. The van der Waals surface area contributed by atoms with Crippen LogP contribution in [0, 0.1) is 13.8 Å². The molecule has 0 radical (unpaired) electrons. The highest BCUT2D eigenvalue weighted by Crippen LogP contribution is 2.34. The first-order valence-corrected chi connectivity index (χ1v) is 12.1. The fourth-order valence-corrected chi connectivity index (χ4v) is 4.20. The fourth-order valence-electron chi connectivity index (χ4n) is 3.84. The van der Waals surface area contributed by atoms with E-state index in [1.165, 1.54) is 6.07 Å². The van der Waals surface area contributed by atoms with Crippen molar-refractivity contribution in [3.8, 4) is 22.9 Å². The second-order valence-electron chi connectivity index (χ2n) is 8.35. The molecule has 0 saturated carbocycles. The van der Waals surface area contributed by atoms with Crippen LogP contribution in [0.1, 0.15) is 21.6 Å². The minimum atomic E-state index is -0.855. The molecule has 12 heteroatoms. The van der Waals surface area contributed by atoms with E-state index in [1.54, 1.807) is 38.1 Å². The van der Waals surface area contributed by atoms with Gasteiger partial charge in [0.1, 0.15) is 17.2 Å². The highest BCUT2D eigenvalue weighted by molar-refractivity contribution is 9.10. The number of rotatable bonds is 7. The average molecular weight is 560 g/mol. The zero-order chi connectivity index (χ0) is 25.8. The van der Waals surface area contributed by atoms with Crippen molar-refractivity contribution in [1.82, 2.24) is 25.0 Å². The highest BCUT2D eigenvalue weighted by atomic mass is 79.9. The van der Waals surface area contributed by atoms with Crippen molar-refractivity contribution in [3.05, 3.63) is 72.5 Å². The van der Waals surface area contributed by atoms with Gasteiger partial charge < -0.3 is 19.9 Å². The molecule has 1 aliphatic rings. The van der Waals surface area contributed by atoms with Gasteiger partial charge >= 0.3 is 5.69 Å². The summed E-state index contributed by atoms with van der Waals surface area (Å²) in [5, 5.41) is 16.5. The van der Waals surface area contributed by atoms with Crippen LogP contribution in [0.25, 0.3) is 5.69 Å². The number of hydrogen-bond donors (Lipinski definition) is 3. The number of ether oxygens (including phenoxy) is 2. The zero-order valence-electron chi connectivity index (χ0n) is 19.8. The molecule has 1 saturated heterocycles. The van der Waals surface area contributed by atoms with Gasteiger partial charge in [0.05, 0.1) is 23.4 Å². The summed E-state index contributed by atoms with van der Waals surface area (Å²) in [6.45, 7) is 7.41. The lowest BCUT2D eigenvalue weighted by atomic mass is 10.1. The third-order valence-corrected chi connectivity index (χ3v) is 6.32. The number of benzene rings is 2. The van der Waals surface area contributed by atoms with Crippen molar-refractivity contribution in [3.63, 3.8) is 0 Å². The Kier molecular flexibility index (Phi) is 7.87. The summed E-state index contributed by atoms with van der Waals surface area (Å²) in [5.74, 6) is 0.504. The largest absolute Gasteiger partial charge is 0.507 e. The molecule has 0 aliphatic carbocycles. The van der Waals surface area contributed by atoms with E-state index in [1.807, 2.05) is 0 Å². The van der Waals surface area contributed by atoms with Crippen LogP contribution in [-0.2, 0) is 4.74 Å². The Labute approximate surface area is 214 Å². The number of aromatic amines is 1. The van der Waals surface area contributed by atoms with Gasteiger partial charge in [-0.2, -0.15) is 9.78 Å². The molecule has 1 fully saturated rings. The number of carbonyl (C=O) groups excluding carboxylic acids is 1. The van der Waals surface area contributed by atoms with E-state index in [0.29, 0.717) is 59.1 Å². The summed E-state index contributed by atoms with van der Waals surface area (Å²) in [5.41, 5.74) is -0.253. The van der Waals surface area contributed by atoms with Crippen LogP contribution in [0.3, 0.4) is 0 Å². The van der Waals surface area contributed by atoms with Crippen molar-refractivity contribution in [2.75, 3.05) is 39.4 Å². The van der Waals surface area contributed by atoms with Gasteiger partial charge in [-0.05, 0) is 71.2 Å². The van der Waals surface area contributed by atoms with Gasteiger partial charge in [-0.1, -0.05) is 0 Å². The number of halogens is 1. The number of H-pyrrole nitrogens is 1. The molecule has 1 aliphatic heterocycles. The SMILES string of the molecule is Cc1cc(-n2nc(C(=O)NCCN3CCOCC3)c(=O)[nH]c2=O)cc(C)c1Oc1ccc(O)c(Br)c1. The molecule has 3 N–H and O–H groups in total. The van der Waals surface area contributed by atoms with Crippen molar-refractivity contribution in [2.45, 2.75) is 13.8 Å². The lowest BCUT2D eigenvalue weighted by Crippen LogP contribution is -2.43. The summed E-state index contributed by atoms with van der Waals surface area (Å²) in [7, 11) is 0. The number of amides is 1. The number of carbonyl (C=O) groups is 1. The number of aryl methyl sites for hydroxylation is 2. The van der Waals surface area contributed by atoms with Crippen molar-refractivity contribution in [1.29, 1.82) is 0 Å². The van der Waals surface area contributed by atoms with E-state index < -0.39 is 22.9 Å². The number of nitrogens with zero attached hydrogens (tertiary/aromatic N) is 3. The molecular weight excluding hydrogens is 534 g/mol. The normalized spacial score (nSPS) is 14.0. The molecule has 2 heterocycles. The maximum atomic E-state index is 12.7. The van der Waals surface area contributed by atoms with Crippen molar-refractivity contribution in [2.24, 2.45) is 0 Å². The Morgan fingerprint density at radius 3 is 2.56 bits per heavy atom. The second kappa shape index (κ2) is 11.1. The predicted octanol–water partition coefficient (Wildman–Crippen LogP) is 1.86. The third kappa shape index (κ3) is 5.83. The van der Waals surface area contributed by atoms with Crippen LogP contribution in [0.4, 0.5) is 0 Å².